The third-order valence-corrected chi connectivity index (χ3v) is 5.16. The molecule has 1 aromatic heterocycles. The minimum Gasteiger partial charge on any atom is -0.478 e. The number of aromatic nitrogens is 1. The number of hydrogen-bond acceptors (Lipinski definition) is 5. The molecule has 1 aromatic rings. The lowest BCUT2D eigenvalue weighted by Gasteiger charge is -2.41. The summed E-state index contributed by atoms with van der Waals surface area (Å²) in [6.07, 6.45) is 3.75. The fraction of sp³-hybridized carbons (Fsp3) is 0.647. The number of pyridine rings is 1. The molecule has 3 heterocycles. The van der Waals surface area contributed by atoms with Crippen LogP contribution in [0, 0.1) is 5.92 Å². The first kappa shape index (κ1) is 16.2. The van der Waals surface area contributed by atoms with Crippen molar-refractivity contribution >= 4 is 11.8 Å². The van der Waals surface area contributed by atoms with Gasteiger partial charge in [-0.1, -0.05) is 0 Å². The largest absolute Gasteiger partial charge is 0.478 e. The predicted molar refractivity (Wildman–Crippen MR) is 88.0 cm³/mol. The molecule has 1 atom stereocenters. The van der Waals surface area contributed by atoms with E-state index >= 15 is 0 Å². The molecule has 23 heavy (non-hydrogen) atoms. The Hall–Kier alpha value is -1.66. The van der Waals surface area contributed by atoms with Crippen molar-refractivity contribution in [2.24, 2.45) is 5.92 Å². The summed E-state index contributed by atoms with van der Waals surface area (Å²) in [6.45, 7) is 8.09. The summed E-state index contributed by atoms with van der Waals surface area (Å²) < 4.78 is 5.44. The molecule has 0 aromatic carbocycles. The number of morpholine rings is 1. The van der Waals surface area contributed by atoms with Crippen LogP contribution in [0.15, 0.2) is 18.3 Å². The van der Waals surface area contributed by atoms with E-state index in [1.165, 1.54) is 6.20 Å². The second kappa shape index (κ2) is 7.27. The van der Waals surface area contributed by atoms with Gasteiger partial charge in [0.15, 0.2) is 0 Å². The van der Waals surface area contributed by atoms with Crippen LogP contribution in [0.2, 0.25) is 0 Å². The van der Waals surface area contributed by atoms with E-state index in [-0.39, 0.29) is 5.56 Å². The molecular formula is C17H25N3O3. The van der Waals surface area contributed by atoms with Crippen LogP contribution >= 0.6 is 0 Å². The van der Waals surface area contributed by atoms with Gasteiger partial charge in [-0.2, -0.15) is 0 Å². The van der Waals surface area contributed by atoms with Crippen LogP contribution < -0.4 is 4.90 Å². The molecule has 0 unspecified atom stereocenters. The van der Waals surface area contributed by atoms with Gasteiger partial charge in [-0.25, -0.2) is 9.78 Å². The van der Waals surface area contributed by atoms with Crippen molar-refractivity contribution in [2.75, 3.05) is 44.3 Å². The number of rotatable bonds is 4. The Balaban J connectivity index is 1.54. The van der Waals surface area contributed by atoms with Crippen LogP contribution in [0.4, 0.5) is 5.82 Å². The first-order chi connectivity index (χ1) is 11.1. The van der Waals surface area contributed by atoms with E-state index in [2.05, 4.69) is 21.7 Å². The van der Waals surface area contributed by atoms with Gasteiger partial charge < -0.3 is 14.7 Å². The normalized spacial score (nSPS) is 22.0. The van der Waals surface area contributed by atoms with Gasteiger partial charge in [0.1, 0.15) is 5.82 Å². The maximum Gasteiger partial charge on any atom is 0.337 e. The van der Waals surface area contributed by atoms with Gasteiger partial charge in [0.05, 0.1) is 18.8 Å². The van der Waals surface area contributed by atoms with Crippen molar-refractivity contribution in [3.63, 3.8) is 0 Å². The van der Waals surface area contributed by atoms with Gasteiger partial charge in [0.2, 0.25) is 0 Å². The molecule has 2 aliphatic heterocycles. The predicted octanol–water partition coefficient (Wildman–Crippen LogP) is 1.72. The highest BCUT2D eigenvalue weighted by atomic mass is 16.5. The highest BCUT2D eigenvalue weighted by Gasteiger charge is 2.28. The van der Waals surface area contributed by atoms with Crippen molar-refractivity contribution in [3.8, 4) is 0 Å². The van der Waals surface area contributed by atoms with Crippen LogP contribution in [0.25, 0.3) is 0 Å². The van der Waals surface area contributed by atoms with Crippen molar-refractivity contribution in [1.29, 1.82) is 0 Å². The Labute approximate surface area is 137 Å². The number of nitrogens with zero attached hydrogens (tertiary/aromatic N) is 3. The smallest absolute Gasteiger partial charge is 0.337 e. The number of carboxylic acids is 1. The summed E-state index contributed by atoms with van der Waals surface area (Å²) in [6, 6.07) is 4.05. The molecule has 3 rings (SSSR count). The van der Waals surface area contributed by atoms with Crippen LogP contribution in [0.1, 0.15) is 30.1 Å². The average molecular weight is 319 g/mol. The van der Waals surface area contributed by atoms with Gasteiger partial charge in [-0.3, -0.25) is 4.90 Å². The third-order valence-electron chi connectivity index (χ3n) is 5.16. The molecule has 0 spiro atoms. The van der Waals surface area contributed by atoms with E-state index in [0.717, 1.165) is 58.1 Å². The topological polar surface area (TPSA) is 65.9 Å². The number of ether oxygens (including phenoxy) is 1. The molecule has 2 fully saturated rings. The Kier molecular flexibility index (Phi) is 5.13. The van der Waals surface area contributed by atoms with Crippen LogP contribution in [0.3, 0.4) is 0 Å². The van der Waals surface area contributed by atoms with Crippen molar-refractivity contribution in [3.05, 3.63) is 23.9 Å². The van der Waals surface area contributed by atoms with Crippen LogP contribution in [-0.4, -0.2) is 66.4 Å². The highest BCUT2D eigenvalue weighted by molar-refractivity contribution is 5.87. The number of aromatic carboxylic acids is 1. The summed E-state index contributed by atoms with van der Waals surface area (Å²) in [5.41, 5.74) is 0.240. The van der Waals surface area contributed by atoms with E-state index < -0.39 is 5.97 Å². The standard InChI is InChI=1S/C17H25N3O3/c1-13(19-8-10-23-11-9-19)14-4-6-20(7-5-14)16-3-2-15(12-18-16)17(21)22/h2-3,12-14H,4-11H2,1H3,(H,21,22)/t13-/m0/s1. The maximum atomic E-state index is 10.9. The molecule has 6 heteroatoms. The van der Waals surface area contributed by atoms with Crippen LogP contribution in [-0.2, 0) is 4.74 Å². The zero-order valence-corrected chi connectivity index (χ0v) is 13.6. The minimum atomic E-state index is -0.929. The lowest BCUT2D eigenvalue weighted by atomic mass is 9.89. The molecule has 126 valence electrons. The van der Waals surface area contributed by atoms with E-state index in [1.807, 2.05) is 6.07 Å². The Morgan fingerprint density at radius 3 is 2.52 bits per heavy atom. The first-order valence-corrected chi connectivity index (χ1v) is 8.41. The number of piperidine rings is 1. The number of carbonyl (C=O) groups is 1. The summed E-state index contributed by atoms with van der Waals surface area (Å²) in [4.78, 5) is 20.0. The average Bonchev–Trinajstić information content (AvgIpc) is 2.62. The summed E-state index contributed by atoms with van der Waals surface area (Å²) in [5.74, 6) is 0.664. The summed E-state index contributed by atoms with van der Waals surface area (Å²) >= 11 is 0. The summed E-state index contributed by atoms with van der Waals surface area (Å²) in [5, 5.41) is 8.94. The first-order valence-electron chi connectivity index (χ1n) is 8.41. The van der Waals surface area contributed by atoms with E-state index in [9.17, 15) is 4.79 Å². The molecular weight excluding hydrogens is 294 g/mol. The maximum absolute atomic E-state index is 10.9. The molecule has 2 aliphatic rings. The lowest BCUT2D eigenvalue weighted by Crippen LogP contribution is -2.48. The molecule has 0 radical (unpaired) electrons. The molecule has 2 saturated heterocycles. The SMILES string of the molecule is C[C@@H](C1CCN(c2ccc(C(=O)O)cn2)CC1)N1CCOCC1. The molecule has 6 nitrogen and oxygen atoms in total. The fourth-order valence-corrected chi connectivity index (χ4v) is 3.59. The Bertz CT molecular complexity index is 520. The Morgan fingerprint density at radius 2 is 1.96 bits per heavy atom. The monoisotopic (exact) mass is 319 g/mol. The Morgan fingerprint density at radius 1 is 1.26 bits per heavy atom. The third kappa shape index (κ3) is 3.82. The lowest BCUT2D eigenvalue weighted by molar-refractivity contribution is 0.00448. The minimum absolute atomic E-state index is 0.240. The molecule has 0 aliphatic carbocycles. The van der Waals surface area contributed by atoms with Gasteiger partial charge in [-0.15, -0.1) is 0 Å². The highest BCUT2D eigenvalue weighted by Crippen LogP contribution is 2.27. The van der Waals surface area contributed by atoms with Gasteiger partial charge >= 0.3 is 5.97 Å². The van der Waals surface area contributed by atoms with E-state index in [4.69, 9.17) is 9.84 Å². The second-order valence-corrected chi connectivity index (χ2v) is 6.42. The number of anilines is 1. The molecule has 0 saturated carbocycles. The van der Waals surface area contributed by atoms with Crippen molar-refractivity contribution in [2.45, 2.75) is 25.8 Å². The van der Waals surface area contributed by atoms with Crippen LogP contribution in [0.5, 0.6) is 0 Å². The van der Waals surface area contributed by atoms with Crippen molar-refractivity contribution < 1.29 is 14.6 Å². The second-order valence-electron chi connectivity index (χ2n) is 6.42. The van der Waals surface area contributed by atoms with Gasteiger partial charge in [0, 0.05) is 38.4 Å². The molecule has 0 bridgehead atoms. The zero-order valence-electron chi connectivity index (χ0n) is 13.6. The summed E-state index contributed by atoms with van der Waals surface area (Å²) in [7, 11) is 0. The number of hydrogen-bond donors (Lipinski definition) is 1. The van der Waals surface area contributed by atoms with Crippen molar-refractivity contribution in [1.82, 2.24) is 9.88 Å². The molecule has 1 N–H and O–H groups in total. The zero-order chi connectivity index (χ0) is 16.2. The van der Waals surface area contributed by atoms with E-state index in [0.29, 0.717) is 12.0 Å². The number of carboxylic acid groups (broad SMARTS) is 1. The fourth-order valence-electron chi connectivity index (χ4n) is 3.59. The quantitative estimate of drug-likeness (QED) is 0.911. The molecule has 0 amide bonds. The van der Waals surface area contributed by atoms with Gasteiger partial charge in [-0.05, 0) is 37.8 Å². The van der Waals surface area contributed by atoms with Gasteiger partial charge in [0.25, 0.3) is 0 Å². The van der Waals surface area contributed by atoms with E-state index in [1.54, 1.807) is 6.07 Å².